The third kappa shape index (κ3) is 3.14. The van der Waals surface area contributed by atoms with Gasteiger partial charge in [-0.3, -0.25) is 23.3 Å². The number of amides is 1. The number of nitrogens with zero attached hydrogens (tertiary/aromatic N) is 6. The zero-order valence-electron chi connectivity index (χ0n) is 16.8. The minimum absolute atomic E-state index is 0.170. The van der Waals surface area contributed by atoms with E-state index in [9.17, 15) is 14.4 Å². The topological polar surface area (TPSA) is 121 Å². The van der Waals surface area contributed by atoms with E-state index in [1.807, 2.05) is 27.7 Å². The molecule has 0 atom stereocenters. The number of rotatable bonds is 4. The zero-order chi connectivity index (χ0) is 20.8. The largest absolute Gasteiger partial charge is 0.368 e. The van der Waals surface area contributed by atoms with Crippen molar-refractivity contribution in [2.45, 2.75) is 40.8 Å². The SMILES string of the molecule is CC=CCn1c(=O)c2c(nc3n2CC(C(C)(C)C)=NN3CC(N)=O)n(C)c1=O. The van der Waals surface area contributed by atoms with Crippen molar-refractivity contribution in [3.05, 3.63) is 33.0 Å². The zero-order valence-corrected chi connectivity index (χ0v) is 16.8. The molecule has 1 aliphatic heterocycles. The quantitative estimate of drug-likeness (QED) is 0.750. The first kappa shape index (κ1) is 19.6. The van der Waals surface area contributed by atoms with Gasteiger partial charge in [0.25, 0.3) is 5.56 Å². The van der Waals surface area contributed by atoms with Crippen molar-refractivity contribution in [1.29, 1.82) is 0 Å². The lowest BCUT2D eigenvalue weighted by molar-refractivity contribution is -0.116. The van der Waals surface area contributed by atoms with Gasteiger partial charge < -0.3 is 5.73 Å². The highest BCUT2D eigenvalue weighted by Gasteiger charge is 2.32. The van der Waals surface area contributed by atoms with Crippen LogP contribution in [0.5, 0.6) is 0 Å². The number of fused-ring (bicyclic) bond motifs is 3. The van der Waals surface area contributed by atoms with Gasteiger partial charge in [0.05, 0.1) is 12.3 Å². The molecule has 3 heterocycles. The van der Waals surface area contributed by atoms with Crippen LogP contribution in [0.2, 0.25) is 0 Å². The molecular formula is C18H25N7O3. The molecule has 3 rings (SSSR count). The number of carbonyl (C=O) groups excluding carboxylic acids is 1. The van der Waals surface area contributed by atoms with E-state index in [-0.39, 0.29) is 24.2 Å². The lowest BCUT2D eigenvalue weighted by atomic mass is 9.89. The molecule has 0 saturated heterocycles. The molecule has 0 aromatic carbocycles. The summed E-state index contributed by atoms with van der Waals surface area (Å²) in [5.41, 5.74) is 5.52. The van der Waals surface area contributed by atoms with E-state index in [0.717, 1.165) is 10.3 Å². The molecule has 0 unspecified atom stereocenters. The number of hydrogen-bond acceptors (Lipinski definition) is 6. The highest BCUT2D eigenvalue weighted by molar-refractivity contribution is 5.94. The van der Waals surface area contributed by atoms with Crippen molar-refractivity contribution in [2.75, 3.05) is 11.6 Å². The molecule has 1 aliphatic rings. The normalized spacial score (nSPS) is 14.6. The standard InChI is InChI=1S/C18H25N7O3/c1-6-7-8-23-15(27)13-14(22(5)17(23)28)20-16-24(13)9-11(18(2,3)4)21-25(16)10-12(19)26/h6-7H,8-10H2,1-5H3,(H2,19,26). The van der Waals surface area contributed by atoms with Crippen LogP contribution < -0.4 is 22.0 Å². The van der Waals surface area contributed by atoms with E-state index >= 15 is 0 Å². The predicted molar refractivity (Wildman–Crippen MR) is 107 cm³/mol. The van der Waals surface area contributed by atoms with E-state index in [4.69, 9.17) is 5.73 Å². The Bertz CT molecular complexity index is 1130. The first-order chi connectivity index (χ1) is 13.1. The lowest BCUT2D eigenvalue weighted by Gasteiger charge is -2.30. The average molecular weight is 387 g/mol. The van der Waals surface area contributed by atoms with Gasteiger partial charge in [0, 0.05) is 19.0 Å². The fourth-order valence-electron chi connectivity index (χ4n) is 3.09. The Kier molecular flexibility index (Phi) is 4.74. The van der Waals surface area contributed by atoms with Crippen LogP contribution in [0, 0.1) is 5.41 Å². The number of anilines is 1. The molecular weight excluding hydrogens is 362 g/mol. The van der Waals surface area contributed by atoms with Crippen molar-refractivity contribution < 1.29 is 4.79 Å². The van der Waals surface area contributed by atoms with Gasteiger partial charge in [-0.25, -0.2) is 9.80 Å². The van der Waals surface area contributed by atoms with Crippen molar-refractivity contribution in [3.8, 4) is 0 Å². The van der Waals surface area contributed by atoms with Gasteiger partial charge in [-0.05, 0) is 6.92 Å². The van der Waals surface area contributed by atoms with E-state index in [2.05, 4.69) is 10.1 Å². The van der Waals surface area contributed by atoms with Gasteiger partial charge in [-0.15, -0.1) is 0 Å². The molecule has 1 amide bonds. The molecule has 0 radical (unpaired) electrons. The second-order valence-electron chi connectivity index (χ2n) is 7.82. The molecule has 150 valence electrons. The summed E-state index contributed by atoms with van der Waals surface area (Å²) in [5, 5.41) is 5.94. The second kappa shape index (κ2) is 6.77. The Morgan fingerprint density at radius 3 is 2.54 bits per heavy atom. The highest BCUT2D eigenvalue weighted by Crippen LogP contribution is 2.28. The van der Waals surface area contributed by atoms with Crippen LogP contribution in [0.15, 0.2) is 26.8 Å². The average Bonchev–Trinajstić information content (AvgIpc) is 2.99. The lowest BCUT2D eigenvalue weighted by Crippen LogP contribution is -2.41. The van der Waals surface area contributed by atoms with Crippen molar-refractivity contribution in [1.82, 2.24) is 18.7 Å². The monoisotopic (exact) mass is 387 g/mol. The van der Waals surface area contributed by atoms with Crippen LogP contribution >= 0.6 is 0 Å². The number of aromatic nitrogens is 4. The third-order valence-corrected chi connectivity index (χ3v) is 4.69. The number of primary amides is 1. The fraction of sp³-hybridized carbons (Fsp3) is 0.500. The summed E-state index contributed by atoms with van der Waals surface area (Å²) in [6.07, 6.45) is 3.52. The Labute approximate surface area is 161 Å². The Hall–Kier alpha value is -3.17. The van der Waals surface area contributed by atoms with Crippen LogP contribution in [-0.4, -0.2) is 36.8 Å². The van der Waals surface area contributed by atoms with Crippen molar-refractivity contribution in [3.63, 3.8) is 0 Å². The minimum Gasteiger partial charge on any atom is -0.368 e. The van der Waals surface area contributed by atoms with Crippen molar-refractivity contribution in [2.24, 2.45) is 23.3 Å². The smallest absolute Gasteiger partial charge is 0.332 e. The first-order valence-electron chi connectivity index (χ1n) is 9.01. The molecule has 0 bridgehead atoms. The Balaban J connectivity index is 2.33. The van der Waals surface area contributed by atoms with Gasteiger partial charge in [-0.2, -0.15) is 10.1 Å². The van der Waals surface area contributed by atoms with Crippen molar-refractivity contribution >= 4 is 28.7 Å². The number of nitrogens with two attached hydrogens (primary N) is 1. The number of allylic oxidation sites excluding steroid dienone is 2. The summed E-state index contributed by atoms with van der Waals surface area (Å²) >= 11 is 0. The fourth-order valence-corrected chi connectivity index (χ4v) is 3.09. The molecule has 2 N–H and O–H groups in total. The summed E-state index contributed by atoms with van der Waals surface area (Å²) in [7, 11) is 1.57. The molecule has 0 fully saturated rings. The molecule has 10 heteroatoms. The number of imidazole rings is 1. The molecule has 2 aromatic heterocycles. The molecule has 0 aliphatic carbocycles. The van der Waals surface area contributed by atoms with E-state index < -0.39 is 17.2 Å². The van der Waals surface area contributed by atoms with Crippen LogP contribution in [-0.2, 0) is 24.9 Å². The maximum Gasteiger partial charge on any atom is 0.332 e. The first-order valence-corrected chi connectivity index (χ1v) is 9.01. The van der Waals surface area contributed by atoms with E-state index in [1.54, 1.807) is 23.8 Å². The molecule has 10 nitrogen and oxygen atoms in total. The highest BCUT2D eigenvalue weighted by atomic mass is 16.2. The van der Waals surface area contributed by atoms with Gasteiger partial charge in [-0.1, -0.05) is 32.9 Å². The summed E-state index contributed by atoms with van der Waals surface area (Å²) in [6.45, 7) is 8.15. The number of aryl methyl sites for hydroxylation is 1. The second-order valence-corrected chi connectivity index (χ2v) is 7.82. The number of hydrazone groups is 1. The van der Waals surface area contributed by atoms with Gasteiger partial charge in [0.15, 0.2) is 11.2 Å². The number of hydrogen-bond donors (Lipinski definition) is 1. The van der Waals surface area contributed by atoms with Crippen LogP contribution in [0.1, 0.15) is 27.7 Å². The third-order valence-electron chi connectivity index (χ3n) is 4.69. The van der Waals surface area contributed by atoms with Gasteiger partial charge >= 0.3 is 5.69 Å². The summed E-state index contributed by atoms with van der Waals surface area (Å²) in [6, 6.07) is 0. The van der Waals surface area contributed by atoms with Gasteiger partial charge in [0.1, 0.15) is 6.54 Å². The number of carbonyl (C=O) groups is 1. The van der Waals surface area contributed by atoms with Crippen LogP contribution in [0.3, 0.4) is 0 Å². The maximum absolute atomic E-state index is 13.1. The van der Waals surface area contributed by atoms with E-state index in [0.29, 0.717) is 18.0 Å². The maximum atomic E-state index is 13.1. The summed E-state index contributed by atoms with van der Waals surface area (Å²) in [5.74, 6) is -0.255. The minimum atomic E-state index is -0.572. The molecule has 2 aromatic rings. The summed E-state index contributed by atoms with van der Waals surface area (Å²) in [4.78, 5) is 41.8. The Morgan fingerprint density at radius 2 is 1.96 bits per heavy atom. The van der Waals surface area contributed by atoms with E-state index in [1.165, 1.54) is 9.58 Å². The van der Waals surface area contributed by atoms with Crippen LogP contribution in [0.4, 0.5) is 5.95 Å². The van der Waals surface area contributed by atoms with Gasteiger partial charge in [0.2, 0.25) is 11.9 Å². The predicted octanol–water partition coefficient (Wildman–Crippen LogP) is 0.180. The molecule has 0 spiro atoms. The summed E-state index contributed by atoms with van der Waals surface area (Å²) < 4.78 is 4.21. The van der Waals surface area contributed by atoms with Crippen LogP contribution in [0.25, 0.3) is 11.2 Å². The Morgan fingerprint density at radius 1 is 1.29 bits per heavy atom. The molecule has 28 heavy (non-hydrogen) atoms. The molecule has 0 saturated carbocycles.